The maximum absolute atomic E-state index is 12.2. The number of rotatable bonds is 7. The molecular formula is C21H22N2O5S. The number of amides is 2. The van der Waals surface area contributed by atoms with Gasteiger partial charge in [-0.15, -0.1) is 11.8 Å². The van der Waals surface area contributed by atoms with Crippen LogP contribution >= 0.6 is 11.8 Å². The van der Waals surface area contributed by atoms with Gasteiger partial charge in [0, 0.05) is 11.4 Å². The van der Waals surface area contributed by atoms with Gasteiger partial charge in [-0.25, -0.2) is 0 Å². The Balaban J connectivity index is 1.47. The van der Waals surface area contributed by atoms with Crippen LogP contribution in [0, 0.1) is 0 Å². The molecule has 2 atom stereocenters. The van der Waals surface area contributed by atoms with Crippen molar-refractivity contribution >= 4 is 35.2 Å². The van der Waals surface area contributed by atoms with Crippen molar-refractivity contribution in [1.82, 2.24) is 5.32 Å². The monoisotopic (exact) mass is 414 g/mol. The summed E-state index contributed by atoms with van der Waals surface area (Å²) in [6.07, 6.45) is -1.06. The van der Waals surface area contributed by atoms with Crippen molar-refractivity contribution < 1.29 is 23.9 Å². The van der Waals surface area contributed by atoms with Crippen LogP contribution in [0.4, 0.5) is 5.69 Å². The highest BCUT2D eigenvalue weighted by Crippen LogP contribution is 2.36. The first-order valence-corrected chi connectivity index (χ1v) is 10.0. The van der Waals surface area contributed by atoms with Gasteiger partial charge in [0.05, 0.1) is 24.5 Å². The first-order valence-electron chi connectivity index (χ1n) is 9.13. The van der Waals surface area contributed by atoms with Gasteiger partial charge >= 0.3 is 5.97 Å². The Morgan fingerprint density at radius 1 is 1.17 bits per heavy atom. The molecule has 29 heavy (non-hydrogen) atoms. The molecule has 2 amide bonds. The van der Waals surface area contributed by atoms with E-state index in [9.17, 15) is 14.4 Å². The number of fused-ring (bicyclic) bond motifs is 1. The summed E-state index contributed by atoms with van der Waals surface area (Å²) >= 11 is 1.32. The number of thioether (sulfide) groups is 1. The highest BCUT2D eigenvalue weighted by Gasteiger charge is 2.30. The second kappa shape index (κ2) is 9.47. The third-order valence-corrected chi connectivity index (χ3v) is 5.64. The number of para-hydroxylation sites is 1. The van der Waals surface area contributed by atoms with Crippen molar-refractivity contribution in [1.29, 1.82) is 0 Å². The lowest BCUT2D eigenvalue weighted by molar-refractivity contribution is -0.155. The molecule has 8 heteroatoms. The molecule has 0 unspecified atom stereocenters. The van der Waals surface area contributed by atoms with E-state index in [1.807, 2.05) is 36.4 Å². The van der Waals surface area contributed by atoms with Crippen molar-refractivity contribution in [3.05, 3.63) is 54.1 Å². The maximum Gasteiger partial charge on any atom is 0.308 e. The van der Waals surface area contributed by atoms with Gasteiger partial charge in [0.15, 0.2) is 6.10 Å². The average Bonchev–Trinajstić information content (AvgIpc) is 2.72. The summed E-state index contributed by atoms with van der Waals surface area (Å²) in [5, 5.41) is 4.92. The van der Waals surface area contributed by atoms with Crippen molar-refractivity contribution in [3.63, 3.8) is 0 Å². The molecule has 0 saturated carbocycles. The predicted molar refractivity (Wildman–Crippen MR) is 110 cm³/mol. The van der Waals surface area contributed by atoms with Crippen LogP contribution in [0.25, 0.3) is 0 Å². The Bertz CT molecular complexity index is 900. The molecule has 2 aromatic rings. The number of anilines is 1. The molecule has 7 nitrogen and oxygen atoms in total. The van der Waals surface area contributed by atoms with Gasteiger partial charge in [0.25, 0.3) is 5.91 Å². The molecule has 152 valence electrons. The Morgan fingerprint density at radius 2 is 1.90 bits per heavy atom. The number of carbonyl (C=O) groups is 3. The molecule has 2 N–H and O–H groups in total. The van der Waals surface area contributed by atoms with E-state index in [0.717, 1.165) is 21.9 Å². The highest BCUT2D eigenvalue weighted by molar-refractivity contribution is 8.01. The van der Waals surface area contributed by atoms with Crippen LogP contribution in [-0.4, -0.2) is 36.2 Å². The average molecular weight is 414 g/mol. The Kier molecular flexibility index (Phi) is 6.77. The number of esters is 1. The molecule has 0 aliphatic carbocycles. The van der Waals surface area contributed by atoms with Crippen LogP contribution < -0.4 is 15.4 Å². The molecule has 0 aromatic heterocycles. The normalized spacial score (nSPS) is 16.2. The van der Waals surface area contributed by atoms with E-state index in [1.54, 1.807) is 19.2 Å². The summed E-state index contributed by atoms with van der Waals surface area (Å²) in [5.41, 5.74) is 1.63. The van der Waals surface area contributed by atoms with Gasteiger partial charge in [-0.1, -0.05) is 24.3 Å². The van der Waals surface area contributed by atoms with Crippen molar-refractivity contribution in [2.75, 3.05) is 12.4 Å². The molecule has 0 radical (unpaired) electrons. The molecular weight excluding hydrogens is 392 g/mol. The standard InChI is InChI=1S/C21H22N2O5S/c1-13(20(25)22-12-14-7-9-15(27-2)10-8-14)28-19(24)11-18-21(26)23-16-5-3-4-6-17(16)29-18/h3-10,13,18H,11-12H2,1-2H3,(H,22,25)(H,23,26)/t13-,18+/m0/s1. The van der Waals surface area contributed by atoms with Crippen molar-refractivity contribution in [2.24, 2.45) is 0 Å². The predicted octanol–water partition coefficient (Wildman–Crippen LogP) is 2.75. The van der Waals surface area contributed by atoms with Crippen LogP contribution in [0.1, 0.15) is 18.9 Å². The minimum atomic E-state index is -0.954. The number of methoxy groups -OCH3 is 1. The minimum Gasteiger partial charge on any atom is -0.497 e. The van der Waals surface area contributed by atoms with Gasteiger partial charge in [-0.05, 0) is 36.8 Å². The summed E-state index contributed by atoms with van der Waals surface area (Å²) < 4.78 is 10.3. The van der Waals surface area contributed by atoms with Crippen LogP contribution in [0.15, 0.2) is 53.4 Å². The van der Waals surface area contributed by atoms with E-state index in [2.05, 4.69) is 10.6 Å². The SMILES string of the molecule is COc1ccc(CNC(=O)[C@H](C)OC(=O)C[C@H]2Sc3ccccc3NC2=O)cc1. The zero-order chi connectivity index (χ0) is 20.8. The fourth-order valence-electron chi connectivity index (χ4n) is 2.75. The third kappa shape index (κ3) is 5.51. The van der Waals surface area contributed by atoms with E-state index in [4.69, 9.17) is 9.47 Å². The summed E-state index contributed by atoms with van der Waals surface area (Å²) in [5.74, 6) is -0.513. The molecule has 1 aliphatic heterocycles. The maximum atomic E-state index is 12.2. The quantitative estimate of drug-likeness (QED) is 0.677. The molecule has 0 saturated heterocycles. The largest absolute Gasteiger partial charge is 0.497 e. The summed E-state index contributed by atoms with van der Waals surface area (Å²) in [7, 11) is 1.58. The third-order valence-electron chi connectivity index (χ3n) is 4.36. The molecule has 1 heterocycles. The number of nitrogens with one attached hydrogen (secondary N) is 2. The van der Waals surface area contributed by atoms with Gasteiger partial charge in [0.2, 0.25) is 5.91 Å². The molecule has 3 rings (SSSR count). The lowest BCUT2D eigenvalue weighted by atomic mass is 10.2. The lowest BCUT2D eigenvalue weighted by Gasteiger charge is -2.23. The zero-order valence-corrected chi connectivity index (χ0v) is 17.0. The van der Waals surface area contributed by atoms with Crippen molar-refractivity contribution in [2.45, 2.75) is 36.1 Å². The second-order valence-corrected chi connectivity index (χ2v) is 7.74. The molecule has 1 aliphatic rings. The van der Waals surface area contributed by atoms with Gasteiger partial charge in [0.1, 0.15) is 5.75 Å². The number of carbonyl (C=O) groups excluding carboxylic acids is 3. The van der Waals surface area contributed by atoms with E-state index < -0.39 is 23.2 Å². The molecule has 0 fully saturated rings. The van der Waals surface area contributed by atoms with Crippen LogP contribution in [0.5, 0.6) is 5.75 Å². The molecule has 0 spiro atoms. The Morgan fingerprint density at radius 3 is 2.62 bits per heavy atom. The fourth-order valence-corrected chi connectivity index (χ4v) is 3.85. The summed E-state index contributed by atoms with van der Waals surface area (Å²) in [4.78, 5) is 37.5. The minimum absolute atomic E-state index is 0.110. The van der Waals surface area contributed by atoms with Gasteiger partial charge < -0.3 is 20.1 Å². The summed E-state index contributed by atoms with van der Waals surface area (Å²) in [6, 6.07) is 14.7. The second-order valence-electron chi connectivity index (χ2n) is 6.49. The zero-order valence-electron chi connectivity index (χ0n) is 16.1. The molecule has 2 aromatic carbocycles. The Hall–Kier alpha value is -3.00. The van der Waals surface area contributed by atoms with Crippen LogP contribution in [0.2, 0.25) is 0 Å². The van der Waals surface area contributed by atoms with Gasteiger partial charge in [-0.2, -0.15) is 0 Å². The topological polar surface area (TPSA) is 93.7 Å². The van der Waals surface area contributed by atoms with E-state index >= 15 is 0 Å². The first-order chi connectivity index (χ1) is 14.0. The smallest absolute Gasteiger partial charge is 0.308 e. The van der Waals surface area contributed by atoms with Gasteiger partial charge in [-0.3, -0.25) is 14.4 Å². The van der Waals surface area contributed by atoms with E-state index in [-0.39, 0.29) is 12.3 Å². The fraction of sp³-hybridized carbons (Fsp3) is 0.286. The number of benzene rings is 2. The van der Waals surface area contributed by atoms with Crippen LogP contribution in [-0.2, 0) is 25.7 Å². The lowest BCUT2D eigenvalue weighted by Crippen LogP contribution is -2.37. The number of ether oxygens (including phenoxy) is 2. The van der Waals surface area contributed by atoms with Crippen LogP contribution in [0.3, 0.4) is 0 Å². The number of hydrogen-bond donors (Lipinski definition) is 2. The number of hydrogen-bond acceptors (Lipinski definition) is 6. The van der Waals surface area contributed by atoms with E-state index in [1.165, 1.54) is 18.7 Å². The first kappa shape index (κ1) is 20.7. The summed E-state index contributed by atoms with van der Waals surface area (Å²) in [6.45, 7) is 1.81. The van der Waals surface area contributed by atoms with Crippen molar-refractivity contribution in [3.8, 4) is 5.75 Å². The van der Waals surface area contributed by atoms with E-state index in [0.29, 0.717) is 6.54 Å². The Labute approximate surface area is 173 Å². The molecule has 0 bridgehead atoms. The highest BCUT2D eigenvalue weighted by atomic mass is 32.2.